The van der Waals surface area contributed by atoms with E-state index in [0.29, 0.717) is 18.8 Å². The van der Waals surface area contributed by atoms with E-state index in [0.717, 1.165) is 44.2 Å². The first-order valence-electron chi connectivity index (χ1n) is 8.31. The summed E-state index contributed by atoms with van der Waals surface area (Å²) >= 11 is 0. The molecule has 1 aromatic rings. The summed E-state index contributed by atoms with van der Waals surface area (Å²) in [5.41, 5.74) is 1.50. The number of amides is 2. The van der Waals surface area contributed by atoms with Crippen LogP contribution in [0.4, 0.5) is 0 Å². The molecular weight excluding hydrogens is 280 g/mol. The highest BCUT2D eigenvalue weighted by atomic mass is 16.2. The van der Waals surface area contributed by atoms with E-state index in [9.17, 15) is 9.59 Å². The van der Waals surface area contributed by atoms with Crippen molar-refractivity contribution in [3.63, 3.8) is 0 Å². The lowest BCUT2D eigenvalue weighted by molar-refractivity contribution is -0.122. The Morgan fingerprint density at radius 2 is 2.23 bits per heavy atom. The van der Waals surface area contributed by atoms with Gasteiger partial charge >= 0.3 is 0 Å². The molecule has 1 aliphatic carbocycles. The predicted octanol–water partition coefficient (Wildman–Crippen LogP) is 1.49. The molecule has 3 rings (SSSR count). The van der Waals surface area contributed by atoms with Crippen LogP contribution in [0.2, 0.25) is 0 Å². The summed E-state index contributed by atoms with van der Waals surface area (Å²) in [6.07, 6.45) is 5.95. The molecule has 1 saturated heterocycles. The molecule has 6 heteroatoms. The van der Waals surface area contributed by atoms with Crippen LogP contribution < -0.4 is 5.32 Å². The first-order chi connectivity index (χ1) is 10.7. The molecule has 2 aliphatic rings. The third kappa shape index (κ3) is 3.48. The minimum atomic E-state index is -0.0154. The van der Waals surface area contributed by atoms with Crippen molar-refractivity contribution in [1.82, 2.24) is 20.4 Å². The van der Waals surface area contributed by atoms with Crippen LogP contribution in [0.25, 0.3) is 0 Å². The molecule has 0 radical (unpaired) electrons. The van der Waals surface area contributed by atoms with E-state index < -0.39 is 0 Å². The number of aryl methyl sites for hydroxylation is 1. The Balaban J connectivity index is 1.52. The lowest BCUT2D eigenvalue weighted by atomic mass is 10.2. The highest BCUT2D eigenvalue weighted by molar-refractivity contribution is 5.92. The molecule has 0 spiro atoms. The summed E-state index contributed by atoms with van der Waals surface area (Å²) in [5, 5.41) is 10.1. The molecule has 22 heavy (non-hydrogen) atoms. The summed E-state index contributed by atoms with van der Waals surface area (Å²) in [6.45, 7) is 3.43. The topological polar surface area (TPSA) is 78.1 Å². The number of nitrogens with zero attached hydrogens (tertiary/aromatic N) is 2. The average molecular weight is 304 g/mol. The highest BCUT2D eigenvalue weighted by Crippen LogP contribution is 2.29. The largest absolute Gasteiger partial charge is 0.351 e. The van der Waals surface area contributed by atoms with Crippen molar-refractivity contribution in [3.8, 4) is 0 Å². The van der Waals surface area contributed by atoms with Crippen molar-refractivity contribution < 1.29 is 9.59 Å². The number of hydrogen-bond donors (Lipinski definition) is 2. The lowest BCUT2D eigenvalue weighted by Crippen LogP contribution is -2.39. The van der Waals surface area contributed by atoms with Gasteiger partial charge in [-0.2, -0.15) is 5.10 Å². The zero-order valence-electron chi connectivity index (χ0n) is 13.1. The van der Waals surface area contributed by atoms with Crippen LogP contribution >= 0.6 is 0 Å². The molecule has 0 bridgehead atoms. The zero-order chi connectivity index (χ0) is 15.5. The van der Waals surface area contributed by atoms with E-state index in [2.05, 4.69) is 22.4 Å². The first-order valence-corrected chi connectivity index (χ1v) is 8.31. The van der Waals surface area contributed by atoms with Gasteiger partial charge in [-0.25, -0.2) is 0 Å². The van der Waals surface area contributed by atoms with Gasteiger partial charge in [0.2, 0.25) is 5.91 Å². The first kappa shape index (κ1) is 15.1. The van der Waals surface area contributed by atoms with Crippen molar-refractivity contribution >= 4 is 11.8 Å². The van der Waals surface area contributed by atoms with Gasteiger partial charge in [0.25, 0.3) is 5.91 Å². The lowest BCUT2D eigenvalue weighted by Gasteiger charge is -2.16. The second kappa shape index (κ2) is 6.50. The van der Waals surface area contributed by atoms with Gasteiger partial charge in [-0.1, -0.05) is 13.3 Å². The van der Waals surface area contributed by atoms with Gasteiger partial charge in [0.15, 0.2) is 0 Å². The minimum Gasteiger partial charge on any atom is -0.351 e. The molecule has 1 unspecified atom stereocenters. The Hall–Kier alpha value is -1.85. The monoisotopic (exact) mass is 304 g/mol. The van der Waals surface area contributed by atoms with Crippen LogP contribution in [0.5, 0.6) is 0 Å². The Labute approximate surface area is 130 Å². The van der Waals surface area contributed by atoms with Crippen molar-refractivity contribution in [2.24, 2.45) is 5.92 Å². The van der Waals surface area contributed by atoms with Gasteiger partial charge < -0.3 is 10.2 Å². The standard InChI is InChI=1S/C16H24N4O2/c1-2-3-4-12-9-14(19-18-12)16(22)20-8-7-13(10-20)17-15(21)11-5-6-11/h9,11,13H,2-8,10H2,1H3,(H,17,21)(H,18,19). The molecule has 2 heterocycles. The van der Waals surface area contributed by atoms with E-state index in [1.165, 1.54) is 0 Å². The fourth-order valence-corrected chi connectivity index (χ4v) is 2.86. The molecule has 1 aromatic heterocycles. The van der Waals surface area contributed by atoms with Crippen LogP contribution in [0.1, 0.15) is 55.2 Å². The molecule has 2 N–H and O–H groups in total. The molecule has 2 amide bonds. The van der Waals surface area contributed by atoms with Crippen LogP contribution in [0.3, 0.4) is 0 Å². The normalized spacial score (nSPS) is 21.1. The molecule has 6 nitrogen and oxygen atoms in total. The number of rotatable bonds is 6. The molecule has 1 atom stereocenters. The smallest absolute Gasteiger partial charge is 0.271 e. The Kier molecular flexibility index (Phi) is 4.45. The zero-order valence-corrected chi connectivity index (χ0v) is 13.1. The summed E-state index contributed by atoms with van der Waals surface area (Å²) in [7, 11) is 0. The quantitative estimate of drug-likeness (QED) is 0.836. The van der Waals surface area contributed by atoms with Crippen LogP contribution in [0.15, 0.2) is 6.07 Å². The van der Waals surface area contributed by atoms with Gasteiger partial charge in [0.05, 0.1) is 5.69 Å². The van der Waals surface area contributed by atoms with Gasteiger partial charge in [0, 0.05) is 25.0 Å². The van der Waals surface area contributed by atoms with Crippen LogP contribution in [-0.2, 0) is 11.2 Å². The van der Waals surface area contributed by atoms with Crippen molar-refractivity contribution in [2.45, 2.75) is 51.5 Å². The molecule has 1 aliphatic heterocycles. The van der Waals surface area contributed by atoms with E-state index in [1.807, 2.05) is 6.07 Å². The predicted molar refractivity (Wildman–Crippen MR) is 82.4 cm³/mol. The fraction of sp³-hybridized carbons (Fsp3) is 0.688. The molecule has 2 fully saturated rings. The number of aromatic nitrogens is 2. The number of H-pyrrole nitrogens is 1. The highest BCUT2D eigenvalue weighted by Gasteiger charge is 2.34. The van der Waals surface area contributed by atoms with Crippen molar-refractivity contribution in [2.75, 3.05) is 13.1 Å². The maximum absolute atomic E-state index is 12.5. The summed E-state index contributed by atoms with van der Waals surface area (Å²) in [5.74, 6) is 0.361. The van der Waals surface area contributed by atoms with Gasteiger partial charge in [-0.3, -0.25) is 14.7 Å². The summed E-state index contributed by atoms with van der Waals surface area (Å²) in [4.78, 5) is 26.0. The van der Waals surface area contributed by atoms with Crippen LogP contribution in [0, 0.1) is 5.92 Å². The third-order valence-electron chi connectivity index (χ3n) is 4.42. The van der Waals surface area contributed by atoms with E-state index in [4.69, 9.17) is 0 Å². The Morgan fingerprint density at radius 1 is 1.41 bits per heavy atom. The SMILES string of the molecule is CCCCc1cc(C(=O)N2CCC(NC(=O)C3CC3)C2)[nH]n1. The summed E-state index contributed by atoms with van der Waals surface area (Å²) in [6, 6.07) is 1.95. The minimum absolute atomic E-state index is 0.0154. The molecular formula is C16H24N4O2. The second-order valence-electron chi connectivity index (χ2n) is 6.40. The Morgan fingerprint density at radius 3 is 2.95 bits per heavy atom. The van der Waals surface area contributed by atoms with Gasteiger partial charge in [0.1, 0.15) is 5.69 Å². The van der Waals surface area contributed by atoms with Crippen molar-refractivity contribution in [1.29, 1.82) is 0 Å². The number of nitrogens with one attached hydrogen (secondary N) is 2. The number of carbonyl (C=O) groups excluding carboxylic acids is 2. The maximum atomic E-state index is 12.5. The van der Waals surface area contributed by atoms with E-state index in [-0.39, 0.29) is 23.8 Å². The Bertz CT molecular complexity index is 550. The van der Waals surface area contributed by atoms with E-state index >= 15 is 0 Å². The molecule has 1 saturated carbocycles. The van der Waals surface area contributed by atoms with Gasteiger partial charge in [-0.05, 0) is 38.2 Å². The van der Waals surface area contributed by atoms with Crippen LogP contribution in [-0.4, -0.2) is 46.0 Å². The number of hydrogen-bond acceptors (Lipinski definition) is 3. The van der Waals surface area contributed by atoms with Gasteiger partial charge in [-0.15, -0.1) is 0 Å². The third-order valence-corrected chi connectivity index (χ3v) is 4.42. The number of likely N-dealkylation sites (tertiary alicyclic amines) is 1. The number of carbonyl (C=O) groups is 2. The molecule has 120 valence electrons. The second-order valence-corrected chi connectivity index (χ2v) is 6.40. The fourth-order valence-electron chi connectivity index (χ4n) is 2.86. The summed E-state index contributed by atoms with van der Waals surface area (Å²) < 4.78 is 0. The average Bonchev–Trinajstić information content (AvgIpc) is 3.09. The number of unbranched alkanes of at least 4 members (excludes halogenated alkanes) is 1. The van der Waals surface area contributed by atoms with Crippen molar-refractivity contribution in [3.05, 3.63) is 17.5 Å². The van der Waals surface area contributed by atoms with E-state index in [1.54, 1.807) is 4.90 Å². The number of aromatic amines is 1. The molecule has 0 aromatic carbocycles. The maximum Gasteiger partial charge on any atom is 0.271 e.